The SMILES string of the molecule is Cc1csc2c(NC3(CO)CCC(C)CC3)ncnc12. The molecule has 0 aromatic carbocycles. The molecule has 0 amide bonds. The number of aliphatic hydroxyl groups excluding tert-OH is 1. The maximum atomic E-state index is 9.86. The van der Waals surface area contributed by atoms with Crippen LogP contribution in [-0.2, 0) is 0 Å². The Morgan fingerprint density at radius 1 is 1.40 bits per heavy atom. The monoisotopic (exact) mass is 291 g/mol. The Hall–Kier alpha value is -1.20. The molecule has 2 aromatic heterocycles. The van der Waals surface area contributed by atoms with Gasteiger partial charge in [-0.15, -0.1) is 11.3 Å². The molecule has 0 atom stereocenters. The van der Waals surface area contributed by atoms with Gasteiger partial charge in [0.1, 0.15) is 12.1 Å². The van der Waals surface area contributed by atoms with Crippen molar-refractivity contribution in [2.75, 3.05) is 11.9 Å². The van der Waals surface area contributed by atoms with Crippen molar-refractivity contribution in [3.8, 4) is 0 Å². The van der Waals surface area contributed by atoms with E-state index in [1.54, 1.807) is 17.7 Å². The molecule has 1 aliphatic carbocycles. The molecule has 4 nitrogen and oxygen atoms in total. The number of aliphatic hydroxyl groups is 1. The van der Waals surface area contributed by atoms with Gasteiger partial charge in [0.05, 0.1) is 22.4 Å². The summed E-state index contributed by atoms with van der Waals surface area (Å²) >= 11 is 1.67. The van der Waals surface area contributed by atoms with Crippen LogP contribution in [0.1, 0.15) is 38.2 Å². The van der Waals surface area contributed by atoms with Crippen LogP contribution in [0.15, 0.2) is 11.7 Å². The fourth-order valence-electron chi connectivity index (χ4n) is 2.95. The summed E-state index contributed by atoms with van der Waals surface area (Å²) < 4.78 is 1.09. The standard InChI is InChI=1S/C15H21N3OS/c1-10-3-5-15(8-19,6-4-10)18-14-13-12(16-9-17-14)11(2)7-20-13/h7,9-10,19H,3-6,8H2,1-2H3,(H,16,17,18). The lowest BCUT2D eigenvalue weighted by atomic mass is 9.77. The van der Waals surface area contributed by atoms with Crippen LogP contribution in [0.5, 0.6) is 0 Å². The minimum Gasteiger partial charge on any atom is -0.394 e. The summed E-state index contributed by atoms with van der Waals surface area (Å²) in [6, 6.07) is 0. The lowest BCUT2D eigenvalue weighted by molar-refractivity contribution is 0.155. The van der Waals surface area contributed by atoms with E-state index in [0.29, 0.717) is 0 Å². The molecule has 2 N–H and O–H groups in total. The zero-order valence-corrected chi connectivity index (χ0v) is 12.8. The van der Waals surface area contributed by atoms with Crippen LogP contribution in [0.2, 0.25) is 0 Å². The Morgan fingerprint density at radius 3 is 2.85 bits per heavy atom. The van der Waals surface area contributed by atoms with Crippen molar-refractivity contribution < 1.29 is 5.11 Å². The van der Waals surface area contributed by atoms with Crippen molar-refractivity contribution in [1.82, 2.24) is 9.97 Å². The van der Waals surface area contributed by atoms with E-state index in [9.17, 15) is 5.11 Å². The fraction of sp³-hybridized carbons (Fsp3) is 0.600. The molecular formula is C15H21N3OS. The molecule has 0 spiro atoms. The first-order valence-corrected chi connectivity index (χ1v) is 8.09. The van der Waals surface area contributed by atoms with Gasteiger partial charge in [-0.1, -0.05) is 6.92 Å². The van der Waals surface area contributed by atoms with Crippen molar-refractivity contribution >= 4 is 27.4 Å². The second-order valence-electron chi connectivity index (χ2n) is 6.06. The smallest absolute Gasteiger partial charge is 0.147 e. The molecule has 1 saturated carbocycles. The maximum absolute atomic E-state index is 9.86. The highest BCUT2D eigenvalue weighted by Crippen LogP contribution is 2.36. The predicted octanol–water partition coefficient (Wildman–Crippen LogP) is 3.35. The maximum Gasteiger partial charge on any atom is 0.147 e. The highest BCUT2D eigenvalue weighted by molar-refractivity contribution is 7.18. The number of aryl methyl sites for hydroxylation is 1. The van der Waals surface area contributed by atoms with Crippen molar-refractivity contribution in [3.63, 3.8) is 0 Å². The molecule has 0 radical (unpaired) electrons. The van der Waals surface area contributed by atoms with Gasteiger partial charge in [-0.3, -0.25) is 0 Å². The molecule has 1 aliphatic rings. The van der Waals surface area contributed by atoms with E-state index < -0.39 is 0 Å². The Balaban J connectivity index is 1.91. The molecule has 2 heterocycles. The second-order valence-corrected chi connectivity index (χ2v) is 6.94. The summed E-state index contributed by atoms with van der Waals surface area (Å²) in [5.41, 5.74) is 1.99. The molecule has 0 bridgehead atoms. The van der Waals surface area contributed by atoms with E-state index in [1.807, 2.05) is 0 Å². The van der Waals surface area contributed by atoms with Crippen molar-refractivity contribution in [2.24, 2.45) is 5.92 Å². The van der Waals surface area contributed by atoms with Gasteiger partial charge >= 0.3 is 0 Å². The van der Waals surface area contributed by atoms with Crippen LogP contribution in [0.25, 0.3) is 10.2 Å². The molecule has 5 heteroatoms. The first kappa shape index (κ1) is 13.8. The molecule has 108 valence electrons. The van der Waals surface area contributed by atoms with Crippen LogP contribution in [0.3, 0.4) is 0 Å². The quantitative estimate of drug-likeness (QED) is 0.910. The number of rotatable bonds is 3. The van der Waals surface area contributed by atoms with Gasteiger partial charge in [0.25, 0.3) is 0 Å². The molecule has 1 fully saturated rings. The van der Waals surface area contributed by atoms with Crippen LogP contribution < -0.4 is 5.32 Å². The van der Waals surface area contributed by atoms with E-state index in [2.05, 4.69) is 34.5 Å². The van der Waals surface area contributed by atoms with Gasteiger partial charge in [-0.25, -0.2) is 9.97 Å². The Morgan fingerprint density at radius 2 is 2.15 bits per heavy atom. The molecule has 0 saturated heterocycles. The number of nitrogens with zero attached hydrogens (tertiary/aromatic N) is 2. The predicted molar refractivity (Wildman–Crippen MR) is 83.2 cm³/mol. The topological polar surface area (TPSA) is 58.0 Å². The Kier molecular flexibility index (Phi) is 3.65. The molecular weight excluding hydrogens is 270 g/mol. The highest BCUT2D eigenvalue weighted by Gasteiger charge is 2.34. The van der Waals surface area contributed by atoms with Crippen LogP contribution in [-0.4, -0.2) is 27.2 Å². The van der Waals surface area contributed by atoms with E-state index in [-0.39, 0.29) is 12.1 Å². The number of thiophene rings is 1. The van der Waals surface area contributed by atoms with Crippen molar-refractivity contribution in [3.05, 3.63) is 17.3 Å². The molecule has 20 heavy (non-hydrogen) atoms. The zero-order chi connectivity index (χ0) is 14.2. The Bertz CT molecular complexity index is 602. The third-order valence-corrected chi connectivity index (χ3v) is 5.54. The van der Waals surface area contributed by atoms with Crippen LogP contribution in [0, 0.1) is 12.8 Å². The van der Waals surface area contributed by atoms with E-state index in [0.717, 1.165) is 47.6 Å². The third-order valence-electron chi connectivity index (χ3n) is 4.45. The lowest BCUT2D eigenvalue weighted by Crippen LogP contribution is -2.45. The van der Waals surface area contributed by atoms with Crippen LogP contribution in [0.4, 0.5) is 5.82 Å². The fourth-order valence-corrected chi connectivity index (χ4v) is 3.89. The number of hydrogen-bond donors (Lipinski definition) is 2. The van der Waals surface area contributed by atoms with Gasteiger partial charge in [0.2, 0.25) is 0 Å². The molecule has 2 aromatic rings. The highest BCUT2D eigenvalue weighted by atomic mass is 32.1. The first-order chi connectivity index (χ1) is 9.63. The average molecular weight is 291 g/mol. The Labute approximate surface area is 123 Å². The van der Waals surface area contributed by atoms with Gasteiger partial charge < -0.3 is 10.4 Å². The lowest BCUT2D eigenvalue weighted by Gasteiger charge is -2.39. The van der Waals surface area contributed by atoms with Gasteiger partial charge in [-0.2, -0.15) is 0 Å². The molecule has 0 unspecified atom stereocenters. The van der Waals surface area contributed by atoms with Gasteiger partial charge in [0.15, 0.2) is 0 Å². The molecule has 0 aliphatic heterocycles. The summed E-state index contributed by atoms with van der Waals surface area (Å²) in [7, 11) is 0. The van der Waals surface area contributed by atoms with Crippen LogP contribution >= 0.6 is 11.3 Å². The zero-order valence-electron chi connectivity index (χ0n) is 12.0. The summed E-state index contributed by atoms with van der Waals surface area (Å²) in [5, 5.41) is 15.5. The second kappa shape index (κ2) is 5.30. The number of anilines is 1. The van der Waals surface area contributed by atoms with Gasteiger partial charge in [0, 0.05) is 0 Å². The van der Waals surface area contributed by atoms with E-state index in [1.165, 1.54) is 5.56 Å². The summed E-state index contributed by atoms with van der Waals surface area (Å²) in [5.74, 6) is 1.63. The third kappa shape index (κ3) is 2.40. The number of nitrogens with one attached hydrogen (secondary N) is 1. The summed E-state index contributed by atoms with van der Waals surface area (Å²) in [4.78, 5) is 8.76. The number of fused-ring (bicyclic) bond motifs is 1. The average Bonchev–Trinajstić information content (AvgIpc) is 2.85. The van der Waals surface area contributed by atoms with Crippen molar-refractivity contribution in [2.45, 2.75) is 45.1 Å². The number of aromatic nitrogens is 2. The van der Waals surface area contributed by atoms with Gasteiger partial charge in [-0.05, 0) is 49.5 Å². The first-order valence-electron chi connectivity index (χ1n) is 7.21. The number of hydrogen-bond acceptors (Lipinski definition) is 5. The summed E-state index contributed by atoms with van der Waals surface area (Å²) in [6.07, 6.45) is 5.93. The van der Waals surface area contributed by atoms with Crippen molar-refractivity contribution in [1.29, 1.82) is 0 Å². The minimum atomic E-state index is -0.217. The van der Waals surface area contributed by atoms with E-state index >= 15 is 0 Å². The minimum absolute atomic E-state index is 0.162. The van der Waals surface area contributed by atoms with E-state index in [4.69, 9.17) is 0 Å². The summed E-state index contributed by atoms with van der Waals surface area (Å²) in [6.45, 7) is 4.52. The molecule has 3 rings (SSSR count). The normalized spacial score (nSPS) is 26.9. The largest absolute Gasteiger partial charge is 0.394 e.